The van der Waals surface area contributed by atoms with Crippen molar-refractivity contribution in [3.05, 3.63) is 57.8 Å². The molecule has 28 heavy (non-hydrogen) atoms. The summed E-state index contributed by atoms with van der Waals surface area (Å²) in [7, 11) is 7.61. The maximum atomic E-state index is 6.13. The Morgan fingerprint density at radius 2 is 1.86 bits per heavy atom. The Hall–Kier alpha value is -2.44. The van der Waals surface area contributed by atoms with E-state index in [-0.39, 0.29) is 0 Å². The molecule has 0 amide bonds. The number of para-hydroxylation sites is 1. The van der Waals surface area contributed by atoms with E-state index in [2.05, 4.69) is 27.8 Å². The number of rotatable bonds is 5. The Morgan fingerprint density at radius 3 is 2.50 bits per heavy atom. The van der Waals surface area contributed by atoms with Gasteiger partial charge >= 0.3 is 0 Å². The van der Waals surface area contributed by atoms with E-state index in [1.165, 1.54) is 0 Å². The second-order valence-electron chi connectivity index (χ2n) is 6.66. The van der Waals surface area contributed by atoms with E-state index >= 15 is 0 Å². The van der Waals surface area contributed by atoms with Gasteiger partial charge in [-0.05, 0) is 23.8 Å². The molecular weight excluding hydrogens is 395 g/mol. The molecule has 0 spiro atoms. The zero-order valence-electron chi connectivity index (χ0n) is 16.4. The molecule has 0 aliphatic carbocycles. The molecule has 2 aromatic heterocycles. The Kier molecular flexibility index (Phi) is 6.31. The van der Waals surface area contributed by atoms with Gasteiger partial charge in [-0.25, -0.2) is 4.98 Å². The zero-order valence-corrected chi connectivity index (χ0v) is 17.9. The maximum absolute atomic E-state index is 6.13. The first-order chi connectivity index (χ1) is 13.4. The molecule has 3 rings (SSSR count). The van der Waals surface area contributed by atoms with Crippen LogP contribution in [0.5, 0.6) is 0 Å². The summed E-state index contributed by atoms with van der Waals surface area (Å²) in [5.74, 6) is 1.62. The summed E-state index contributed by atoms with van der Waals surface area (Å²) in [6, 6.07) is 12.1. The van der Waals surface area contributed by atoms with Gasteiger partial charge in [0.2, 0.25) is 0 Å². The van der Waals surface area contributed by atoms with E-state index in [1.54, 1.807) is 7.05 Å². The number of halogens is 2. The lowest BCUT2D eigenvalue weighted by atomic mass is 10.1. The van der Waals surface area contributed by atoms with E-state index in [0.717, 1.165) is 28.0 Å². The van der Waals surface area contributed by atoms with E-state index in [9.17, 15) is 0 Å². The number of nitrogens with one attached hydrogen (secondary N) is 2. The predicted octanol–water partition coefficient (Wildman–Crippen LogP) is 3.81. The largest absolute Gasteiger partial charge is 0.363 e. The van der Waals surface area contributed by atoms with Crippen molar-refractivity contribution in [1.82, 2.24) is 20.2 Å². The minimum absolute atomic E-state index is 0.529. The van der Waals surface area contributed by atoms with Crippen LogP contribution >= 0.6 is 23.2 Å². The number of aromatic nitrogens is 2. The molecule has 0 aliphatic rings. The van der Waals surface area contributed by atoms with Gasteiger partial charge in [-0.2, -0.15) is 0 Å². The summed E-state index contributed by atoms with van der Waals surface area (Å²) in [6.07, 6.45) is 0. The fourth-order valence-electron chi connectivity index (χ4n) is 2.94. The average molecular weight is 419 g/mol. The lowest BCUT2D eigenvalue weighted by molar-refractivity contribution is 0.751. The minimum Gasteiger partial charge on any atom is -0.363 e. The molecule has 0 saturated heterocycles. The van der Waals surface area contributed by atoms with Crippen molar-refractivity contribution in [3.8, 4) is 0 Å². The molecule has 148 valence electrons. The summed E-state index contributed by atoms with van der Waals surface area (Å²) < 4.78 is 1.85. The van der Waals surface area contributed by atoms with E-state index < -0.39 is 0 Å². The highest BCUT2D eigenvalue weighted by Crippen LogP contribution is 2.25. The third-order valence-electron chi connectivity index (χ3n) is 4.57. The van der Waals surface area contributed by atoms with Gasteiger partial charge in [0.25, 0.3) is 0 Å². The fourth-order valence-corrected chi connectivity index (χ4v) is 3.36. The van der Waals surface area contributed by atoms with Gasteiger partial charge in [-0.15, -0.1) is 0 Å². The monoisotopic (exact) mass is 418 g/mol. The number of hydrogen-bond acceptors (Lipinski definition) is 3. The molecule has 3 aromatic rings. The Labute approximate surface area is 175 Å². The molecule has 2 heterocycles. The van der Waals surface area contributed by atoms with Crippen molar-refractivity contribution in [2.45, 2.75) is 13.1 Å². The lowest BCUT2D eigenvalue weighted by Crippen LogP contribution is -2.36. The first kappa shape index (κ1) is 20.3. The number of anilines is 1. The van der Waals surface area contributed by atoms with Crippen LogP contribution in [0.25, 0.3) is 10.9 Å². The van der Waals surface area contributed by atoms with Gasteiger partial charge in [-0.1, -0.05) is 41.4 Å². The molecule has 0 aliphatic heterocycles. The van der Waals surface area contributed by atoms with Crippen molar-refractivity contribution in [2.75, 3.05) is 26.0 Å². The standard InChI is InChI=1S/C20H24Cl2N6/c1-23-20(25-12-14-10-16(21)19(22)28(14)4)24-11-13-9-18(27(2)3)26-17-8-6-5-7-15(13)17/h5-10H,11-12H2,1-4H3,(H2,23,24,25). The van der Waals surface area contributed by atoms with Crippen molar-refractivity contribution in [3.63, 3.8) is 0 Å². The number of pyridine rings is 1. The Balaban J connectivity index is 1.74. The fraction of sp³-hybridized carbons (Fsp3) is 0.300. The van der Waals surface area contributed by atoms with Gasteiger partial charge in [0.1, 0.15) is 11.0 Å². The summed E-state index contributed by atoms with van der Waals surface area (Å²) in [5, 5.41) is 8.87. The smallest absolute Gasteiger partial charge is 0.191 e. The first-order valence-corrected chi connectivity index (χ1v) is 9.66. The number of fused-ring (bicyclic) bond motifs is 1. The average Bonchev–Trinajstić information content (AvgIpc) is 2.94. The highest BCUT2D eigenvalue weighted by molar-refractivity contribution is 6.41. The molecular formula is C20H24Cl2N6. The molecule has 0 saturated carbocycles. The number of aliphatic imine (C=N–C) groups is 1. The molecule has 0 atom stereocenters. The number of nitrogens with zero attached hydrogens (tertiary/aromatic N) is 4. The van der Waals surface area contributed by atoms with Gasteiger partial charge in [-0.3, -0.25) is 4.99 Å². The van der Waals surface area contributed by atoms with E-state index in [0.29, 0.717) is 29.2 Å². The van der Waals surface area contributed by atoms with Crippen molar-refractivity contribution in [1.29, 1.82) is 0 Å². The Morgan fingerprint density at radius 1 is 1.14 bits per heavy atom. The summed E-state index contributed by atoms with van der Waals surface area (Å²) in [5.41, 5.74) is 3.10. The normalized spacial score (nSPS) is 11.7. The molecule has 0 fully saturated rings. The van der Waals surface area contributed by atoms with E-state index in [1.807, 2.05) is 54.9 Å². The van der Waals surface area contributed by atoms with Gasteiger partial charge in [0.15, 0.2) is 5.96 Å². The van der Waals surface area contributed by atoms with Crippen LogP contribution < -0.4 is 15.5 Å². The maximum Gasteiger partial charge on any atom is 0.191 e. The summed E-state index contributed by atoms with van der Waals surface area (Å²) in [6.45, 7) is 1.18. The second-order valence-corrected chi connectivity index (χ2v) is 7.43. The number of hydrogen-bond donors (Lipinski definition) is 2. The van der Waals surface area contributed by atoms with Crippen LogP contribution in [-0.4, -0.2) is 36.7 Å². The predicted molar refractivity (Wildman–Crippen MR) is 119 cm³/mol. The van der Waals surface area contributed by atoms with Gasteiger partial charge in [0.05, 0.1) is 17.1 Å². The van der Waals surface area contributed by atoms with Crippen LogP contribution in [0.3, 0.4) is 0 Å². The number of benzene rings is 1. The molecule has 0 unspecified atom stereocenters. The van der Waals surface area contributed by atoms with Crippen molar-refractivity contribution >= 4 is 45.9 Å². The third-order valence-corrected chi connectivity index (χ3v) is 5.41. The van der Waals surface area contributed by atoms with Crippen LogP contribution in [0, 0.1) is 0 Å². The molecule has 8 heteroatoms. The van der Waals surface area contributed by atoms with Crippen LogP contribution in [0.1, 0.15) is 11.3 Å². The highest BCUT2D eigenvalue weighted by atomic mass is 35.5. The zero-order chi connectivity index (χ0) is 20.3. The van der Waals surface area contributed by atoms with Crippen LogP contribution in [0.4, 0.5) is 5.82 Å². The molecule has 0 bridgehead atoms. The van der Waals surface area contributed by atoms with Crippen molar-refractivity contribution < 1.29 is 0 Å². The molecule has 2 N–H and O–H groups in total. The second kappa shape index (κ2) is 8.71. The molecule has 0 radical (unpaired) electrons. The third kappa shape index (κ3) is 4.34. The van der Waals surface area contributed by atoms with Crippen molar-refractivity contribution in [2.24, 2.45) is 12.0 Å². The SMILES string of the molecule is CN=C(NCc1cc(N(C)C)nc2ccccc12)NCc1cc(Cl)c(Cl)n1C. The van der Waals surface area contributed by atoms with Crippen LogP contribution in [-0.2, 0) is 20.1 Å². The molecule has 6 nitrogen and oxygen atoms in total. The Bertz CT molecular complexity index is 1010. The van der Waals surface area contributed by atoms with Gasteiger partial charge < -0.3 is 20.1 Å². The lowest BCUT2D eigenvalue weighted by Gasteiger charge is -2.17. The molecule has 1 aromatic carbocycles. The first-order valence-electron chi connectivity index (χ1n) is 8.90. The van der Waals surface area contributed by atoms with Crippen LogP contribution in [0.2, 0.25) is 10.2 Å². The summed E-state index contributed by atoms with van der Waals surface area (Å²) >= 11 is 12.2. The number of guanidine groups is 1. The van der Waals surface area contributed by atoms with Gasteiger partial charge in [0, 0.05) is 45.8 Å². The topological polar surface area (TPSA) is 57.5 Å². The summed E-state index contributed by atoms with van der Waals surface area (Å²) in [4.78, 5) is 11.0. The van der Waals surface area contributed by atoms with Crippen LogP contribution in [0.15, 0.2) is 41.4 Å². The minimum atomic E-state index is 0.529. The van der Waals surface area contributed by atoms with E-state index in [4.69, 9.17) is 28.2 Å². The highest BCUT2D eigenvalue weighted by Gasteiger charge is 2.11. The quantitative estimate of drug-likeness (QED) is 0.488.